The Morgan fingerprint density at radius 1 is 0.773 bits per heavy atom. The molecule has 0 amide bonds. The fraction of sp³-hybridized carbons (Fsp3) is 0.471. The first-order valence-electron chi connectivity index (χ1n) is 7.01. The van der Waals surface area contributed by atoms with Gasteiger partial charge in [0.25, 0.3) is 5.78 Å². The summed E-state index contributed by atoms with van der Waals surface area (Å²) in [7, 11) is 0. The van der Waals surface area contributed by atoms with E-state index < -0.39 is 28.9 Å². The maximum atomic E-state index is 12.2. The van der Waals surface area contributed by atoms with Gasteiger partial charge < -0.3 is 9.47 Å². The van der Waals surface area contributed by atoms with Gasteiger partial charge in [-0.2, -0.15) is 0 Å². The molecule has 0 N–H and O–H groups in total. The first-order valence-corrected chi connectivity index (χ1v) is 7.01. The Morgan fingerprint density at radius 3 is 1.68 bits per heavy atom. The van der Waals surface area contributed by atoms with Gasteiger partial charge in [-0.1, -0.05) is 12.1 Å². The molecular weight excluding hydrogens is 284 g/mol. The maximum Gasteiger partial charge on any atom is 0.380 e. The molecule has 1 rings (SSSR count). The zero-order valence-corrected chi connectivity index (χ0v) is 13.9. The molecule has 5 heteroatoms. The lowest BCUT2D eigenvalue weighted by molar-refractivity contribution is -0.148. The topological polar surface area (TPSA) is 69.7 Å². The second kappa shape index (κ2) is 6.30. The number of hydrogen-bond donors (Lipinski definition) is 0. The van der Waals surface area contributed by atoms with Crippen LogP contribution in [0.4, 0.5) is 0 Å². The van der Waals surface area contributed by atoms with Gasteiger partial charge in [-0.3, -0.25) is 4.79 Å². The average molecular weight is 306 g/mol. The number of Topliss-reactive ketones (excluding diaryl/α,β-unsaturated/α-hetero) is 1. The van der Waals surface area contributed by atoms with Crippen LogP contribution >= 0.6 is 0 Å². The van der Waals surface area contributed by atoms with Gasteiger partial charge >= 0.3 is 11.9 Å². The van der Waals surface area contributed by atoms with Crippen molar-refractivity contribution in [3.05, 3.63) is 35.4 Å². The summed E-state index contributed by atoms with van der Waals surface area (Å²) in [4.78, 5) is 36.3. The molecule has 0 aromatic heterocycles. The zero-order chi connectivity index (χ0) is 17.1. The molecule has 5 nitrogen and oxygen atoms in total. The second-order valence-electron chi connectivity index (χ2n) is 6.88. The first kappa shape index (κ1) is 17.9. The van der Waals surface area contributed by atoms with Crippen molar-refractivity contribution in [1.29, 1.82) is 0 Å². The standard InChI is InChI=1S/C17H22O5/c1-16(2,3)21-14(19)12-10-8-7-9-11(12)13(18)15(20)22-17(4,5)6/h7-10H,1-6H3. The molecule has 120 valence electrons. The van der Waals surface area contributed by atoms with Crippen molar-refractivity contribution in [2.24, 2.45) is 0 Å². The number of ether oxygens (including phenoxy) is 2. The number of ketones is 1. The largest absolute Gasteiger partial charge is 0.456 e. The molecule has 0 aliphatic heterocycles. The first-order chi connectivity index (χ1) is 9.91. The Labute approximate surface area is 130 Å². The van der Waals surface area contributed by atoms with Gasteiger partial charge in [0.2, 0.25) is 0 Å². The Balaban J connectivity index is 3.09. The Hall–Kier alpha value is -2.17. The lowest BCUT2D eigenvalue weighted by Crippen LogP contribution is -2.30. The van der Waals surface area contributed by atoms with Crippen LogP contribution in [-0.2, 0) is 14.3 Å². The summed E-state index contributed by atoms with van der Waals surface area (Å²) in [6.45, 7) is 10.2. The highest BCUT2D eigenvalue weighted by atomic mass is 16.6. The van der Waals surface area contributed by atoms with Gasteiger partial charge in [0.15, 0.2) is 0 Å². The van der Waals surface area contributed by atoms with Crippen LogP contribution in [0.3, 0.4) is 0 Å². The van der Waals surface area contributed by atoms with Crippen LogP contribution in [0.2, 0.25) is 0 Å². The molecule has 0 aliphatic carbocycles. The molecule has 0 saturated heterocycles. The Morgan fingerprint density at radius 2 is 1.23 bits per heavy atom. The van der Waals surface area contributed by atoms with Gasteiger partial charge in [0, 0.05) is 5.56 Å². The fourth-order valence-corrected chi connectivity index (χ4v) is 1.63. The number of benzene rings is 1. The third kappa shape index (κ3) is 5.31. The second-order valence-corrected chi connectivity index (χ2v) is 6.88. The molecule has 1 aromatic rings. The van der Waals surface area contributed by atoms with E-state index in [0.29, 0.717) is 0 Å². The van der Waals surface area contributed by atoms with Crippen LogP contribution in [0, 0.1) is 0 Å². The zero-order valence-electron chi connectivity index (χ0n) is 13.9. The van der Waals surface area contributed by atoms with Crippen LogP contribution in [0.25, 0.3) is 0 Å². The quantitative estimate of drug-likeness (QED) is 0.487. The minimum atomic E-state index is -0.997. The molecule has 0 spiro atoms. The van der Waals surface area contributed by atoms with Gasteiger partial charge in [0.05, 0.1) is 5.56 Å². The lowest BCUT2D eigenvalue weighted by Gasteiger charge is -2.21. The van der Waals surface area contributed by atoms with E-state index in [9.17, 15) is 14.4 Å². The van der Waals surface area contributed by atoms with Crippen molar-refractivity contribution in [3.8, 4) is 0 Å². The third-order valence-corrected chi connectivity index (χ3v) is 2.37. The van der Waals surface area contributed by atoms with Gasteiger partial charge in [-0.15, -0.1) is 0 Å². The average Bonchev–Trinajstić information content (AvgIpc) is 2.33. The van der Waals surface area contributed by atoms with Crippen LogP contribution in [0.5, 0.6) is 0 Å². The Kier molecular flexibility index (Phi) is 5.12. The number of hydrogen-bond acceptors (Lipinski definition) is 5. The highest BCUT2D eigenvalue weighted by Gasteiger charge is 2.29. The van der Waals surface area contributed by atoms with E-state index in [1.165, 1.54) is 12.1 Å². The summed E-state index contributed by atoms with van der Waals surface area (Å²) in [5, 5.41) is 0. The predicted octanol–water partition coefficient (Wildman–Crippen LogP) is 3.17. The number of carbonyl (C=O) groups is 3. The number of rotatable bonds is 3. The molecular formula is C17H22O5. The van der Waals surface area contributed by atoms with Crippen molar-refractivity contribution in [3.63, 3.8) is 0 Å². The van der Waals surface area contributed by atoms with Gasteiger partial charge in [0.1, 0.15) is 11.2 Å². The van der Waals surface area contributed by atoms with Crippen molar-refractivity contribution < 1.29 is 23.9 Å². The molecule has 0 bridgehead atoms. The van der Waals surface area contributed by atoms with E-state index in [2.05, 4.69) is 0 Å². The SMILES string of the molecule is CC(C)(C)OC(=O)C(=O)c1ccccc1C(=O)OC(C)(C)C. The lowest BCUT2D eigenvalue weighted by atomic mass is 10.0. The normalized spacial score (nSPS) is 11.7. The highest BCUT2D eigenvalue weighted by molar-refractivity contribution is 6.42. The van der Waals surface area contributed by atoms with E-state index in [4.69, 9.17) is 9.47 Å². The molecule has 0 unspecified atom stereocenters. The summed E-state index contributed by atoms with van der Waals surface area (Å²) in [5.41, 5.74) is -1.45. The van der Waals surface area contributed by atoms with Gasteiger partial charge in [-0.25, -0.2) is 9.59 Å². The molecule has 22 heavy (non-hydrogen) atoms. The minimum Gasteiger partial charge on any atom is -0.456 e. The predicted molar refractivity (Wildman–Crippen MR) is 81.8 cm³/mol. The minimum absolute atomic E-state index is 0.0222. The van der Waals surface area contributed by atoms with Crippen LogP contribution in [0.1, 0.15) is 62.3 Å². The van der Waals surface area contributed by atoms with Crippen molar-refractivity contribution in [1.82, 2.24) is 0 Å². The van der Waals surface area contributed by atoms with Crippen LogP contribution in [0.15, 0.2) is 24.3 Å². The fourth-order valence-electron chi connectivity index (χ4n) is 1.63. The van der Waals surface area contributed by atoms with Crippen LogP contribution < -0.4 is 0 Å². The molecule has 0 saturated carbocycles. The summed E-state index contributed by atoms with van der Waals surface area (Å²) in [6, 6.07) is 6.04. The summed E-state index contributed by atoms with van der Waals surface area (Å²) < 4.78 is 10.3. The Bertz CT molecular complexity index is 588. The summed E-state index contributed by atoms with van der Waals surface area (Å²) >= 11 is 0. The number of carbonyl (C=O) groups excluding carboxylic acids is 3. The van der Waals surface area contributed by atoms with E-state index in [0.717, 1.165) is 0 Å². The van der Waals surface area contributed by atoms with Crippen molar-refractivity contribution in [2.45, 2.75) is 52.7 Å². The molecule has 1 aromatic carbocycles. The van der Waals surface area contributed by atoms with Crippen molar-refractivity contribution >= 4 is 17.7 Å². The summed E-state index contributed by atoms with van der Waals surface area (Å²) in [5.74, 6) is -2.51. The summed E-state index contributed by atoms with van der Waals surface area (Å²) in [6.07, 6.45) is 0. The highest BCUT2D eigenvalue weighted by Crippen LogP contribution is 2.17. The van der Waals surface area contributed by atoms with E-state index >= 15 is 0 Å². The van der Waals surface area contributed by atoms with E-state index in [1.807, 2.05) is 0 Å². The molecule has 0 radical (unpaired) electrons. The van der Waals surface area contributed by atoms with Gasteiger partial charge in [-0.05, 0) is 53.7 Å². The number of esters is 2. The molecule has 0 heterocycles. The molecule has 0 aliphatic rings. The molecule has 0 atom stereocenters. The smallest absolute Gasteiger partial charge is 0.380 e. The third-order valence-electron chi connectivity index (χ3n) is 2.37. The maximum absolute atomic E-state index is 12.2. The molecule has 0 fully saturated rings. The monoisotopic (exact) mass is 306 g/mol. The van der Waals surface area contributed by atoms with E-state index in [-0.39, 0.29) is 11.1 Å². The van der Waals surface area contributed by atoms with Crippen molar-refractivity contribution in [2.75, 3.05) is 0 Å². The van der Waals surface area contributed by atoms with Crippen LogP contribution in [-0.4, -0.2) is 28.9 Å². The van der Waals surface area contributed by atoms with E-state index in [1.54, 1.807) is 53.7 Å².